The molecule has 0 amide bonds. The monoisotopic (exact) mass is 733 g/mol. The van der Waals surface area contributed by atoms with E-state index in [4.69, 9.17) is 9.47 Å². The summed E-state index contributed by atoms with van der Waals surface area (Å²) in [6, 6.07) is 0. The van der Waals surface area contributed by atoms with Gasteiger partial charge in [0.2, 0.25) is 0 Å². The molecule has 0 bridgehead atoms. The molecule has 3 heteroatoms. The Bertz CT molecular complexity index is 673. The minimum Gasteiger partial charge on any atom is -0.460 e. The number of allylic oxidation sites excluding steroid dienone is 1. The Morgan fingerprint density at radius 2 is 0.577 bits per heavy atom. The van der Waals surface area contributed by atoms with Crippen LogP contribution in [0.4, 0.5) is 0 Å². The highest BCUT2D eigenvalue weighted by atomic mass is 16.6. The maximum absolute atomic E-state index is 11.3. The van der Waals surface area contributed by atoms with Gasteiger partial charge in [-0.2, -0.15) is 0 Å². The van der Waals surface area contributed by atoms with E-state index in [-0.39, 0.29) is 5.97 Å². The standard InChI is InChI=1S/C49H96O3/c1-3-5-7-8-9-10-11-12-13-14-15-16-17-18-19-20-21-22-23-24-25-26-27-28-29-30-31-32-33-34-35-36-37-38-39-40-41-42-43-44-46-51-47-48-52-49(50)45-6-4-2/h6,45H,3-5,7-44,46-48H2,1-2H3. The van der Waals surface area contributed by atoms with E-state index < -0.39 is 0 Å². The lowest BCUT2D eigenvalue weighted by Gasteiger charge is -2.05. The van der Waals surface area contributed by atoms with Gasteiger partial charge in [-0.25, -0.2) is 4.79 Å². The lowest BCUT2D eigenvalue weighted by Crippen LogP contribution is -2.09. The Kier molecular flexibility index (Phi) is 47.4. The van der Waals surface area contributed by atoms with E-state index in [2.05, 4.69) is 6.92 Å². The topological polar surface area (TPSA) is 35.5 Å². The summed E-state index contributed by atoms with van der Waals surface area (Å²) in [6.45, 7) is 5.95. The van der Waals surface area contributed by atoms with E-state index in [0.717, 1.165) is 19.4 Å². The van der Waals surface area contributed by atoms with Crippen molar-refractivity contribution in [2.75, 3.05) is 19.8 Å². The SMILES string of the molecule is CCC=CC(=O)OCCOCCCCCCCCCCCCCCCCCCCCCCCCCCCCCCCCCCCCCCCCCC. The van der Waals surface area contributed by atoms with Crippen LogP contribution in [0.5, 0.6) is 0 Å². The highest BCUT2D eigenvalue weighted by molar-refractivity contribution is 5.81. The molecule has 310 valence electrons. The second kappa shape index (κ2) is 48.2. The largest absolute Gasteiger partial charge is 0.460 e. The van der Waals surface area contributed by atoms with Crippen molar-refractivity contribution in [1.82, 2.24) is 0 Å². The first kappa shape index (κ1) is 51.2. The fraction of sp³-hybridized carbons (Fsp3) is 0.939. The van der Waals surface area contributed by atoms with Crippen LogP contribution in [-0.2, 0) is 14.3 Å². The van der Waals surface area contributed by atoms with Crippen LogP contribution in [0, 0.1) is 0 Å². The van der Waals surface area contributed by atoms with E-state index in [9.17, 15) is 4.79 Å². The van der Waals surface area contributed by atoms with Crippen LogP contribution >= 0.6 is 0 Å². The first-order valence-electron chi connectivity index (χ1n) is 24.2. The maximum Gasteiger partial charge on any atom is 0.330 e. The van der Waals surface area contributed by atoms with Crippen molar-refractivity contribution in [2.45, 2.75) is 277 Å². The molecule has 0 N–H and O–H groups in total. The summed E-state index contributed by atoms with van der Waals surface area (Å²) in [5, 5.41) is 0. The Morgan fingerprint density at radius 3 is 0.827 bits per heavy atom. The molecule has 3 nitrogen and oxygen atoms in total. The molecule has 0 aromatic rings. The molecule has 0 atom stereocenters. The van der Waals surface area contributed by atoms with Gasteiger partial charge in [0.05, 0.1) is 6.61 Å². The molecule has 0 aliphatic carbocycles. The number of carbonyl (C=O) groups excluding carboxylic acids is 1. The molecule has 0 fully saturated rings. The number of hydrogen-bond donors (Lipinski definition) is 0. The van der Waals surface area contributed by atoms with Gasteiger partial charge >= 0.3 is 5.97 Å². The van der Waals surface area contributed by atoms with Crippen LogP contribution < -0.4 is 0 Å². The summed E-state index contributed by atoms with van der Waals surface area (Å²) >= 11 is 0. The number of rotatable bonds is 46. The average Bonchev–Trinajstić information content (AvgIpc) is 3.15. The van der Waals surface area contributed by atoms with Crippen LogP contribution in [0.1, 0.15) is 277 Å². The maximum atomic E-state index is 11.3. The molecule has 52 heavy (non-hydrogen) atoms. The molecule has 0 radical (unpaired) electrons. The van der Waals surface area contributed by atoms with Gasteiger partial charge in [-0.05, 0) is 12.8 Å². The van der Waals surface area contributed by atoms with Gasteiger partial charge in [-0.1, -0.05) is 270 Å². The van der Waals surface area contributed by atoms with E-state index >= 15 is 0 Å². The van der Waals surface area contributed by atoms with Gasteiger partial charge in [-0.3, -0.25) is 0 Å². The highest BCUT2D eigenvalue weighted by Gasteiger charge is 1.99. The first-order chi connectivity index (χ1) is 25.8. The Labute approximate surface area is 328 Å². The zero-order chi connectivity index (χ0) is 37.5. The smallest absolute Gasteiger partial charge is 0.330 e. The number of unbranched alkanes of at least 4 members (excludes halogenated alkanes) is 39. The van der Waals surface area contributed by atoms with Crippen molar-refractivity contribution in [1.29, 1.82) is 0 Å². The second-order valence-electron chi connectivity index (χ2n) is 16.4. The molecule has 0 rings (SSSR count). The van der Waals surface area contributed by atoms with E-state index in [0.29, 0.717) is 13.2 Å². The highest BCUT2D eigenvalue weighted by Crippen LogP contribution is 2.17. The van der Waals surface area contributed by atoms with Crippen molar-refractivity contribution in [2.24, 2.45) is 0 Å². The minimum atomic E-state index is -0.266. The van der Waals surface area contributed by atoms with Gasteiger partial charge in [0.1, 0.15) is 6.61 Å². The fourth-order valence-electron chi connectivity index (χ4n) is 7.56. The van der Waals surface area contributed by atoms with Gasteiger partial charge < -0.3 is 9.47 Å². The van der Waals surface area contributed by atoms with Gasteiger partial charge in [0, 0.05) is 12.7 Å². The summed E-state index contributed by atoms with van der Waals surface area (Å²) in [5.74, 6) is -0.266. The molecular formula is C49H96O3. The molecular weight excluding hydrogens is 637 g/mol. The summed E-state index contributed by atoms with van der Waals surface area (Å²) in [4.78, 5) is 11.3. The molecule has 0 saturated carbocycles. The quantitative estimate of drug-likeness (QED) is 0.0355. The molecule has 0 aromatic heterocycles. The van der Waals surface area contributed by atoms with E-state index in [1.165, 1.54) is 256 Å². The van der Waals surface area contributed by atoms with Crippen molar-refractivity contribution in [3.63, 3.8) is 0 Å². The zero-order valence-corrected chi connectivity index (χ0v) is 36.0. The van der Waals surface area contributed by atoms with Crippen LogP contribution in [0.25, 0.3) is 0 Å². The second-order valence-corrected chi connectivity index (χ2v) is 16.4. The van der Waals surface area contributed by atoms with E-state index in [1.54, 1.807) is 0 Å². The van der Waals surface area contributed by atoms with Gasteiger partial charge in [0.15, 0.2) is 0 Å². The molecule has 0 aromatic carbocycles. The van der Waals surface area contributed by atoms with Crippen molar-refractivity contribution in [3.8, 4) is 0 Å². The third-order valence-corrected chi connectivity index (χ3v) is 11.1. The van der Waals surface area contributed by atoms with Gasteiger partial charge in [-0.15, -0.1) is 0 Å². The molecule has 0 aliphatic heterocycles. The number of hydrogen-bond acceptors (Lipinski definition) is 3. The van der Waals surface area contributed by atoms with Crippen LogP contribution in [0.3, 0.4) is 0 Å². The van der Waals surface area contributed by atoms with Gasteiger partial charge in [0.25, 0.3) is 0 Å². The molecule has 0 heterocycles. The molecule has 0 unspecified atom stereocenters. The lowest BCUT2D eigenvalue weighted by molar-refractivity contribution is -0.139. The minimum absolute atomic E-state index is 0.266. The summed E-state index contributed by atoms with van der Waals surface area (Å²) in [6.07, 6.45) is 62.0. The van der Waals surface area contributed by atoms with Crippen LogP contribution in [-0.4, -0.2) is 25.8 Å². The molecule has 0 spiro atoms. The molecule has 0 saturated heterocycles. The Morgan fingerprint density at radius 1 is 0.327 bits per heavy atom. The predicted molar refractivity (Wildman–Crippen MR) is 232 cm³/mol. The van der Waals surface area contributed by atoms with Crippen molar-refractivity contribution in [3.05, 3.63) is 12.2 Å². The van der Waals surface area contributed by atoms with Crippen LogP contribution in [0.2, 0.25) is 0 Å². The van der Waals surface area contributed by atoms with Crippen molar-refractivity contribution >= 4 is 5.97 Å². The fourth-order valence-corrected chi connectivity index (χ4v) is 7.56. The summed E-state index contributed by atoms with van der Waals surface area (Å²) in [5.41, 5.74) is 0. The average molecular weight is 733 g/mol. The Balaban J connectivity index is 3.07. The van der Waals surface area contributed by atoms with E-state index in [1.807, 2.05) is 13.0 Å². The van der Waals surface area contributed by atoms with Crippen molar-refractivity contribution < 1.29 is 14.3 Å². The Hall–Kier alpha value is -0.830. The summed E-state index contributed by atoms with van der Waals surface area (Å²) in [7, 11) is 0. The first-order valence-corrected chi connectivity index (χ1v) is 24.2. The number of esters is 1. The number of carbonyl (C=O) groups is 1. The third-order valence-electron chi connectivity index (χ3n) is 11.1. The normalized spacial score (nSPS) is 11.7. The summed E-state index contributed by atoms with van der Waals surface area (Å²) < 4.78 is 10.6. The third kappa shape index (κ3) is 47.2. The molecule has 0 aliphatic rings. The zero-order valence-electron chi connectivity index (χ0n) is 36.0. The lowest BCUT2D eigenvalue weighted by atomic mass is 10.0. The predicted octanol–water partition coefficient (Wildman–Crippen LogP) is 17.1. The van der Waals surface area contributed by atoms with Crippen LogP contribution in [0.15, 0.2) is 12.2 Å². The number of ether oxygens (including phenoxy) is 2.